The minimum absolute atomic E-state index is 0.0761. The van der Waals surface area contributed by atoms with Gasteiger partial charge in [-0.2, -0.15) is 0 Å². The number of ether oxygens (including phenoxy) is 4. The van der Waals surface area contributed by atoms with Crippen LogP contribution in [-0.2, 0) is 47.6 Å². The number of para-hydroxylation sites is 2. The van der Waals surface area contributed by atoms with Crippen molar-refractivity contribution in [2.75, 3.05) is 6.61 Å². The molecule has 59 heavy (non-hydrogen) atoms. The first-order valence-electron chi connectivity index (χ1n) is 22.5. The minimum atomic E-state index is -4.20. The Morgan fingerprint density at radius 2 is 1.05 bits per heavy atom. The number of phosphoric acid groups is 1. The number of hydrogen-bond acceptors (Lipinski definition) is 12. The van der Waals surface area contributed by atoms with E-state index in [9.17, 15) is 4.57 Å². The molecule has 8 heterocycles. The third kappa shape index (κ3) is 7.04. The second kappa shape index (κ2) is 15.3. The van der Waals surface area contributed by atoms with Crippen LogP contribution in [0.25, 0.3) is 0 Å². The SMILES string of the molecule is C[C@H]1[C@@H](CC(COP(=O)(Oc2ccccc2)Oc2ccccc2)C[C@H]2O[C@H]3O[C@@]4(C)CC[C@H]5[C@H](C)CC[C@@H]([C@H]2C)[C@@]35OO4)O[C@H]2O[C@@]3(C)CC[C@H]4[C@H](C)CC[C@@H]1[C@@]24OO3. The zero-order valence-corrected chi connectivity index (χ0v) is 36.3. The van der Waals surface area contributed by atoms with Crippen LogP contribution in [0.15, 0.2) is 60.7 Å². The molecule has 2 spiro atoms. The van der Waals surface area contributed by atoms with Crippen molar-refractivity contribution in [2.24, 2.45) is 53.3 Å². The van der Waals surface area contributed by atoms with Crippen LogP contribution in [0.1, 0.15) is 106 Å². The Hall–Kier alpha value is -2.09. The molecule has 0 unspecified atom stereocenters. The van der Waals surface area contributed by atoms with Crippen molar-refractivity contribution in [3.05, 3.63) is 60.7 Å². The van der Waals surface area contributed by atoms with Crippen molar-refractivity contribution >= 4 is 7.82 Å². The molecule has 0 aromatic heterocycles. The largest absolute Gasteiger partial charge is 0.587 e. The predicted molar refractivity (Wildman–Crippen MR) is 214 cm³/mol. The summed E-state index contributed by atoms with van der Waals surface area (Å²) in [5.74, 6) is 0.880. The van der Waals surface area contributed by atoms with E-state index in [1.807, 2.05) is 50.2 Å². The summed E-state index contributed by atoms with van der Waals surface area (Å²) in [6.45, 7) is 13.2. The minimum Gasteiger partial charge on any atom is -0.395 e. The third-order valence-electron chi connectivity index (χ3n) is 16.1. The number of fused-ring (bicyclic) bond motifs is 4. The van der Waals surface area contributed by atoms with E-state index in [0.717, 1.165) is 51.4 Å². The molecule has 12 nitrogen and oxygen atoms in total. The summed E-state index contributed by atoms with van der Waals surface area (Å²) < 4.78 is 61.3. The maximum atomic E-state index is 14.8. The second-order valence-corrected chi connectivity index (χ2v) is 21.3. The van der Waals surface area contributed by atoms with Crippen LogP contribution in [0, 0.1) is 53.3 Å². The molecule has 12 rings (SSSR count). The first kappa shape index (κ1) is 41.0. The van der Waals surface area contributed by atoms with Crippen LogP contribution in [0.5, 0.6) is 11.5 Å². The first-order chi connectivity index (χ1) is 28.3. The molecule has 2 aromatic carbocycles. The summed E-state index contributed by atoms with van der Waals surface area (Å²) in [4.78, 5) is 25.2. The molecule has 0 radical (unpaired) electrons. The molecule has 10 aliphatic rings. The van der Waals surface area contributed by atoms with E-state index < -0.39 is 43.2 Å². The van der Waals surface area contributed by atoms with Crippen LogP contribution >= 0.6 is 7.82 Å². The van der Waals surface area contributed by atoms with Gasteiger partial charge in [0.2, 0.25) is 11.6 Å². The Morgan fingerprint density at radius 1 is 0.610 bits per heavy atom. The summed E-state index contributed by atoms with van der Waals surface area (Å²) in [5, 5.41) is 0. The average Bonchev–Trinajstić information content (AvgIpc) is 3.59. The van der Waals surface area contributed by atoms with Gasteiger partial charge in [-0.05, 0) is 131 Å². The first-order valence-corrected chi connectivity index (χ1v) is 23.9. The topological polar surface area (TPSA) is 119 Å². The lowest BCUT2D eigenvalue weighted by Gasteiger charge is -2.61. The van der Waals surface area contributed by atoms with Gasteiger partial charge in [0.15, 0.2) is 23.8 Å². The van der Waals surface area contributed by atoms with Crippen molar-refractivity contribution in [1.29, 1.82) is 0 Å². The lowest BCUT2D eigenvalue weighted by molar-refractivity contribution is -0.571. The third-order valence-corrected chi connectivity index (χ3v) is 17.4. The summed E-state index contributed by atoms with van der Waals surface area (Å²) in [5.41, 5.74) is -1.34. The fourth-order valence-corrected chi connectivity index (χ4v) is 14.2. The zero-order chi connectivity index (χ0) is 40.8. The highest BCUT2D eigenvalue weighted by Crippen LogP contribution is 2.63. The van der Waals surface area contributed by atoms with Gasteiger partial charge in [0, 0.05) is 24.7 Å². The van der Waals surface area contributed by atoms with Gasteiger partial charge in [-0.25, -0.2) is 24.1 Å². The Balaban J connectivity index is 0.963. The lowest BCUT2D eigenvalue weighted by Crippen LogP contribution is -2.70. The molecule has 13 heteroatoms. The molecule has 0 N–H and O–H groups in total. The quantitative estimate of drug-likeness (QED) is 0.158. The van der Waals surface area contributed by atoms with Crippen molar-refractivity contribution in [3.63, 3.8) is 0 Å². The molecule has 8 saturated heterocycles. The number of hydrogen-bond donors (Lipinski definition) is 0. The van der Waals surface area contributed by atoms with Crippen LogP contribution < -0.4 is 9.05 Å². The number of benzene rings is 2. The van der Waals surface area contributed by atoms with Crippen LogP contribution in [0.2, 0.25) is 0 Å². The average molecular weight is 839 g/mol. The normalized spacial score (nSPS) is 46.6. The Morgan fingerprint density at radius 3 is 1.49 bits per heavy atom. The molecule has 0 amide bonds. The van der Waals surface area contributed by atoms with Crippen molar-refractivity contribution in [1.82, 2.24) is 0 Å². The van der Waals surface area contributed by atoms with Gasteiger partial charge < -0.3 is 28.0 Å². The van der Waals surface area contributed by atoms with E-state index in [-0.39, 0.29) is 60.2 Å². The molecule has 4 bridgehead atoms. The maximum Gasteiger partial charge on any atom is 0.587 e. The molecule has 10 fully saturated rings. The van der Waals surface area contributed by atoms with E-state index in [1.165, 1.54) is 0 Å². The highest BCUT2D eigenvalue weighted by atomic mass is 31.2. The Labute approximate surface area is 349 Å². The smallest absolute Gasteiger partial charge is 0.395 e. The van der Waals surface area contributed by atoms with Crippen LogP contribution in [-0.4, -0.2) is 54.2 Å². The summed E-state index contributed by atoms with van der Waals surface area (Å²) in [6.07, 6.45) is 7.31. The van der Waals surface area contributed by atoms with E-state index in [1.54, 1.807) is 24.3 Å². The number of rotatable bonds is 11. The fourth-order valence-electron chi connectivity index (χ4n) is 12.9. The number of phosphoric ester groups is 1. The van der Waals surface area contributed by atoms with E-state index >= 15 is 0 Å². The lowest BCUT2D eigenvalue weighted by atomic mass is 9.56. The van der Waals surface area contributed by atoms with Crippen LogP contribution in [0.3, 0.4) is 0 Å². The standard InChI is InChI=1S/C46H63O12P/c1-28-17-19-37-30(3)39(49-41-45(37)35(28)21-23-43(5,51-41)55-57-45)25-32(27-48-59(47,53-33-13-9-7-10-14-33)54-34-15-11-8-12-16-34)26-40-31(4)38-20-18-29(2)36-22-24-44(6)52-42(50-40)46(36,38)58-56-44/h7-16,28-32,35-42H,17-27H2,1-6H3/t28-,29-,30-,31-,35+,36+,37+,38+,39-,40-,41+,42+,43-,44-,45-,46-/m1/s1. The van der Waals surface area contributed by atoms with Gasteiger partial charge >= 0.3 is 7.82 Å². The van der Waals surface area contributed by atoms with Gasteiger partial charge in [-0.15, -0.1) is 0 Å². The van der Waals surface area contributed by atoms with Gasteiger partial charge in [0.1, 0.15) is 11.5 Å². The van der Waals surface area contributed by atoms with Gasteiger partial charge in [0.05, 0.1) is 18.8 Å². The molecular formula is C46H63O12P. The molecule has 2 aromatic rings. The van der Waals surface area contributed by atoms with Gasteiger partial charge in [0.25, 0.3) is 0 Å². The van der Waals surface area contributed by atoms with Crippen molar-refractivity contribution in [3.8, 4) is 11.5 Å². The highest BCUT2D eigenvalue weighted by Gasteiger charge is 2.71. The zero-order valence-electron chi connectivity index (χ0n) is 35.4. The van der Waals surface area contributed by atoms with Crippen molar-refractivity contribution < 1.29 is 56.6 Å². The van der Waals surface area contributed by atoms with Crippen molar-refractivity contribution in [2.45, 2.75) is 153 Å². The van der Waals surface area contributed by atoms with E-state index in [0.29, 0.717) is 36.2 Å². The highest BCUT2D eigenvalue weighted by molar-refractivity contribution is 7.49. The summed E-state index contributed by atoms with van der Waals surface area (Å²) >= 11 is 0. The van der Waals surface area contributed by atoms with E-state index in [4.69, 9.17) is 52.1 Å². The van der Waals surface area contributed by atoms with E-state index in [2.05, 4.69) is 27.7 Å². The summed E-state index contributed by atoms with van der Waals surface area (Å²) in [6, 6.07) is 18.1. The van der Waals surface area contributed by atoms with Gasteiger partial charge in [-0.3, -0.25) is 4.52 Å². The predicted octanol–water partition coefficient (Wildman–Crippen LogP) is 10.2. The van der Waals surface area contributed by atoms with Gasteiger partial charge in [-0.1, -0.05) is 64.1 Å². The molecule has 2 saturated carbocycles. The molecule has 324 valence electrons. The molecule has 8 aliphatic heterocycles. The van der Waals surface area contributed by atoms with Crippen LogP contribution in [0.4, 0.5) is 0 Å². The maximum absolute atomic E-state index is 14.8. The monoisotopic (exact) mass is 838 g/mol. The molecular weight excluding hydrogens is 775 g/mol. The molecule has 16 atom stereocenters. The summed E-state index contributed by atoms with van der Waals surface area (Å²) in [7, 11) is -4.20. The Kier molecular flexibility index (Phi) is 10.6. The second-order valence-electron chi connectivity index (χ2n) is 19.8. The molecule has 2 aliphatic carbocycles. The Bertz CT molecular complexity index is 1730. The fraction of sp³-hybridized carbons (Fsp3) is 0.739.